The van der Waals surface area contributed by atoms with Crippen LogP contribution in [0.3, 0.4) is 0 Å². The lowest BCUT2D eigenvalue weighted by atomic mass is 10.1. The molecular formula is C23H24N4O2S. The van der Waals surface area contributed by atoms with E-state index in [0.717, 1.165) is 29.7 Å². The van der Waals surface area contributed by atoms with Crippen LogP contribution < -0.4 is 5.56 Å². The SMILES string of the molecule is CCCc1noc(C(C)Sc2nc3ccccc3c(=O)n2-c2cc(C)ccc2C)n1. The molecule has 0 radical (unpaired) electrons. The number of aryl methyl sites for hydroxylation is 3. The Hall–Kier alpha value is -2.93. The zero-order valence-electron chi connectivity index (χ0n) is 17.5. The van der Waals surface area contributed by atoms with Crippen molar-refractivity contribution < 1.29 is 4.52 Å². The zero-order chi connectivity index (χ0) is 21.3. The highest BCUT2D eigenvalue weighted by Gasteiger charge is 2.21. The molecule has 0 aliphatic rings. The van der Waals surface area contributed by atoms with E-state index in [1.54, 1.807) is 4.57 Å². The van der Waals surface area contributed by atoms with Crippen LogP contribution in [0.15, 0.2) is 56.9 Å². The Morgan fingerprint density at radius 1 is 1.13 bits per heavy atom. The van der Waals surface area contributed by atoms with Crippen molar-refractivity contribution in [3.8, 4) is 5.69 Å². The quantitative estimate of drug-likeness (QED) is 0.316. The lowest BCUT2D eigenvalue weighted by molar-refractivity contribution is 0.374. The van der Waals surface area contributed by atoms with Gasteiger partial charge in [0.1, 0.15) is 0 Å². The minimum Gasteiger partial charge on any atom is -0.338 e. The lowest BCUT2D eigenvalue weighted by Gasteiger charge is -2.17. The summed E-state index contributed by atoms with van der Waals surface area (Å²) in [5.41, 5.74) is 3.53. The fourth-order valence-electron chi connectivity index (χ4n) is 3.33. The number of benzene rings is 2. The van der Waals surface area contributed by atoms with E-state index < -0.39 is 0 Å². The first-order valence-electron chi connectivity index (χ1n) is 10.1. The maximum atomic E-state index is 13.5. The van der Waals surface area contributed by atoms with Crippen molar-refractivity contribution >= 4 is 22.7 Å². The molecule has 2 aromatic heterocycles. The van der Waals surface area contributed by atoms with Crippen LogP contribution in [0.25, 0.3) is 16.6 Å². The third-order valence-corrected chi connectivity index (χ3v) is 5.98. The number of fused-ring (bicyclic) bond motifs is 1. The number of hydrogen-bond acceptors (Lipinski definition) is 6. The average Bonchev–Trinajstić information content (AvgIpc) is 3.20. The third-order valence-electron chi connectivity index (χ3n) is 4.94. The zero-order valence-corrected chi connectivity index (χ0v) is 18.4. The summed E-state index contributed by atoms with van der Waals surface area (Å²) < 4.78 is 7.16. The molecule has 0 aliphatic carbocycles. The van der Waals surface area contributed by atoms with Crippen LogP contribution in [0.2, 0.25) is 0 Å². The summed E-state index contributed by atoms with van der Waals surface area (Å²) in [6, 6.07) is 13.5. The fraction of sp³-hybridized carbons (Fsp3) is 0.304. The Bertz CT molecular complexity index is 1260. The lowest BCUT2D eigenvalue weighted by Crippen LogP contribution is -2.22. The first-order chi connectivity index (χ1) is 14.5. The molecule has 30 heavy (non-hydrogen) atoms. The number of thioether (sulfide) groups is 1. The van der Waals surface area contributed by atoms with Gasteiger partial charge in [0.05, 0.1) is 21.8 Å². The van der Waals surface area contributed by atoms with Crippen LogP contribution in [0.1, 0.15) is 48.4 Å². The molecule has 0 saturated carbocycles. The molecule has 0 bridgehead atoms. The third kappa shape index (κ3) is 3.89. The molecule has 0 amide bonds. The second-order valence-electron chi connectivity index (χ2n) is 7.40. The second-order valence-corrected chi connectivity index (χ2v) is 8.71. The summed E-state index contributed by atoms with van der Waals surface area (Å²) >= 11 is 1.45. The van der Waals surface area contributed by atoms with Crippen molar-refractivity contribution in [1.82, 2.24) is 19.7 Å². The normalized spacial score (nSPS) is 12.4. The van der Waals surface area contributed by atoms with Crippen LogP contribution >= 0.6 is 11.8 Å². The summed E-state index contributed by atoms with van der Waals surface area (Å²) in [5, 5.41) is 5.11. The molecule has 7 heteroatoms. The Labute approximate surface area is 179 Å². The summed E-state index contributed by atoms with van der Waals surface area (Å²) in [5.74, 6) is 1.25. The largest absolute Gasteiger partial charge is 0.338 e. The predicted octanol–water partition coefficient (Wildman–Crippen LogP) is 5.19. The van der Waals surface area contributed by atoms with E-state index >= 15 is 0 Å². The summed E-state index contributed by atoms with van der Waals surface area (Å²) in [6.07, 6.45) is 1.74. The highest BCUT2D eigenvalue weighted by Crippen LogP contribution is 2.34. The summed E-state index contributed by atoms with van der Waals surface area (Å²) in [6.45, 7) is 8.09. The van der Waals surface area contributed by atoms with Crippen molar-refractivity contribution in [2.45, 2.75) is 50.9 Å². The van der Waals surface area contributed by atoms with E-state index in [0.29, 0.717) is 27.8 Å². The van der Waals surface area contributed by atoms with Crippen molar-refractivity contribution in [1.29, 1.82) is 0 Å². The number of rotatable bonds is 6. The highest BCUT2D eigenvalue weighted by atomic mass is 32.2. The van der Waals surface area contributed by atoms with E-state index in [4.69, 9.17) is 9.51 Å². The van der Waals surface area contributed by atoms with Gasteiger partial charge in [-0.25, -0.2) is 4.98 Å². The van der Waals surface area contributed by atoms with Crippen molar-refractivity contribution in [3.05, 3.63) is 75.7 Å². The van der Waals surface area contributed by atoms with Gasteiger partial charge in [-0.3, -0.25) is 9.36 Å². The topological polar surface area (TPSA) is 73.8 Å². The van der Waals surface area contributed by atoms with Gasteiger partial charge in [-0.05, 0) is 56.5 Å². The minimum absolute atomic E-state index is 0.0822. The molecule has 154 valence electrons. The Balaban J connectivity index is 1.85. The highest BCUT2D eigenvalue weighted by molar-refractivity contribution is 7.99. The van der Waals surface area contributed by atoms with E-state index in [1.165, 1.54) is 11.8 Å². The molecule has 6 nitrogen and oxygen atoms in total. The molecule has 0 saturated heterocycles. The van der Waals surface area contributed by atoms with Crippen LogP contribution in [0.4, 0.5) is 0 Å². The monoisotopic (exact) mass is 420 g/mol. The van der Waals surface area contributed by atoms with Crippen LogP contribution in [0.5, 0.6) is 0 Å². The van der Waals surface area contributed by atoms with Gasteiger partial charge in [0.15, 0.2) is 11.0 Å². The molecule has 2 heterocycles. The summed E-state index contributed by atoms with van der Waals surface area (Å²) in [4.78, 5) is 22.8. The summed E-state index contributed by atoms with van der Waals surface area (Å²) in [7, 11) is 0. The molecule has 4 aromatic rings. The Kier molecular flexibility index (Phi) is 5.72. The van der Waals surface area contributed by atoms with Crippen molar-refractivity contribution in [2.24, 2.45) is 0 Å². The van der Waals surface area contributed by atoms with Gasteiger partial charge in [0.25, 0.3) is 5.56 Å². The number of nitrogens with zero attached hydrogens (tertiary/aromatic N) is 4. The molecule has 0 spiro atoms. The molecule has 1 unspecified atom stereocenters. The second kappa shape index (κ2) is 8.44. The molecule has 1 atom stereocenters. The van der Waals surface area contributed by atoms with Gasteiger partial charge >= 0.3 is 0 Å². The van der Waals surface area contributed by atoms with Gasteiger partial charge < -0.3 is 4.52 Å². The fourth-order valence-corrected chi connectivity index (χ4v) is 4.28. The van der Waals surface area contributed by atoms with Gasteiger partial charge in [0, 0.05) is 6.42 Å². The maximum absolute atomic E-state index is 13.5. The Morgan fingerprint density at radius 3 is 2.73 bits per heavy atom. The van der Waals surface area contributed by atoms with E-state index in [1.807, 2.05) is 63.2 Å². The van der Waals surface area contributed by atoms with Crippen LogP contribution in [-0.2, 0) is 6.42 Å². The molecule has 4 rings (SSSR count). The minimum atomic E-state index is -0.146. The van der Waals surface area contributed by atoms with E-state index in [2.05, 4.69) is 17.1 Å². The van der Waals surface area contributed by atoms with E-state index in [9.17, 15) is 4.79 Å². The first kappa shape index (κ1) is 20.3. The van der Waals surface area contributed by atoms with Crippen LogP contribution in [0, 0.1) is 13.8 Å². The Morgan fingerprint density at radius 2 is 1.93 bits per heavy atom. The predicted molar refractivity (Wildman–Crippen MR) is 119 cm³/mol. The van der Waals surface area contributed by atoms with Gasteiger partial charge in [-0.1, -0.05) is 48.1 Å². The van der Waals surface area contributed by atoms with Crippen molar-refractivity contribution in [2.75, 3.05) is 0 Å². The van der Waals surface area contributed by atoms with Gasteiger partial charge in [0.2, 0.25) is 5.89 Å². The smallest absolute Gasteiger partial charge is 0.266 e. The molecule has 0 fully saturated rings. The average molecular weight is 421 g/mol. The van der Waals surface area contributed by atoms with Gasteiger partial charge in [-0.15, -0.1) is 0 Å². The van der Waals surface area contributed by atoms with Crippen molar-refractivity contribution in [3.63, 3.8) is 0 Å². The van der Waals surface area contributed by atoms with E-state index in [-0.39, 0.29) is 10.8 Å². The number of hydrogen-bond donors (Lipinski definition) is 0. The molecule has 2 aromatic carbocycles. The molecule has 0 N–H and O–H groups in total. The molecular weight excluding hydrogens is 396 g/mol. The maximum Gasteiger partial charge on any atom is 0.266 e. The number of para-hydroxylation sites is 1. The molecule has 0 aliphatic heterocycles. The van der Waals surface area contributed by atoms with Gasteiger partial charge in [-0.2, -0.15) is 4.98 Å². The number of aromatic nitrogens is 4. The first-order valence-corrected chi connectivity index (χ1v) is 10.9. The standard InChI is InChI=1S/C23H24N4O2S/c1-5-8-20-25-21(29-26-20)16(4)30-23-24-18-10-7-6-9-17(18)22(28)27(23)19-13-14(2)11-12-15(19)3/h6-7,9-13,16H,5,8H2,1-4H3. The van der Waals surface area contributed by atoms with Crippen LogP contribution in [-0.4, -0.2) is 19.7 Å².